The molecule has 1 saturated heterocycles. The Bertz CT molecular complexity index is 503. The molecule has 96 valence electrons. The van der Waals surface area contributed by atoms with Gasteiger partial charge in [0.2, 0.25) is 0 Å². The summed E-state index contributed by atoms with van der Waals surface area (Å²) in [5.41, 5.74) is 8.63. The van der Waals surface area contributed by atoms with Gasteiger partial charge < -0.3 is 10.6 Å². The topological polar surface area (TPSA) is 65.9 Å². The van der Waals surface area contributed by atoms with Gasteiger partial charge in [-0.3, -0.25) is 0 Å². The van der Waals surface area contributed by atoms with Gasteiger partial charge in [-0.2, -0.15) is 5.26 Å². The van der Waals surface area contributed by atoms with E-state index in [0.29, 0.717) is 12.1 Å². The number of nitrogens with zero attached hydrogens (tertiary/aromatic N) is 3. The number of hydrogen-bond donors (Lipinski definition) is 1. The minimum Gasteiger partial charge on any atom is -0.355 e. The van der Waals surface area contributed by atoms with Crippen molar-refractivity contribution in [2.24, 2.45) is 11.1 Å². The molecule has 2 rings (SSSR count). The van der Waals surface area contributed by atoms with Crippen LogP contribution in [0.4, 0.5) is 5.82 Å². The molecule has 1 aliphatic heterocycles. The Balaban J connectivity index is 2.38. The maximum Gasteiger partial charge on any atom is 0.147 e. The zero-order chi connectivity index (χ0) is 13.3. The van der Waals surface area contributed by atoms with E-state index in [1.165, 1.54) is 0 Å². The Morgan fingerprint density at radius 1 is 1.56 bits per heavy atom. The molecule has 0 saturated carbocycles. The molecule has 1 atom stereocenters. The van der Waals surface area contributed by atoms with Gasteiger partial charge in [-0.1, -0.05) is 6.92 Å². The van der Waals surface area contributed by atoms with Crippen LogP contribution in [0.3, 0.4) is 0 Å². The third-order valence-electron chi connectivity index (χ3n) is 3.79. The summed E-state index contributed by atoms with van der Waals surface area (Å²) in [6.45, 7) is 8.62. The highest BCUT2D eigenvalue weighted by molar-refractivity contribution is 5.58. The average Bonchev–Trinajstić information content (AvgIpc) is 2.72. The molecule has 18 heavy (non-hydrogen) atoms. The summed E-state index contributed by atoms with van der Waals surface area (Å²) in [4.78, 5) is 6.75. The standard InChI is InChI=1S/C14H20N4/c1-10-6-11(2)17-13(12(10)7-15)18-5-4-14(3,8-16)9-18/h6H,4-5,8-9,16H2,1-3H3. The minimum atomic E-state index is 0.145. The second-order valence-electron chi connectivity index (χ2n) is 5.58. The lowest BCUT2D eigenvalue weighted by Gasteiger charge is -2.24. The molecule has 0 aromatic carbocycles. The Morgan fingerprint density at radius 3 is 2.83 bits per heavy atom. The number of aromatic nitrogens is 1. The van der Waals surface area contributed by atoms with Crippen molar-refractivity contribution < 1.29 is 0 Å². The lowest BCUT2D eigenvalue weighted by molar-refractivity contribution is 0.383. The fourth-order valence-corrected chi connectivity index (χ4v) is 2.56. The third-order valence-corrected chi connectivity index (χ3v) is 3.79. The van der Waals surface area contributed by atoms with Gasteiger partial charge in [-0.15, -0.1) is 0 Å². The van der Waals surface area contributed by atoms with Crippen LogP contribution in [0.2, 0.25) is 0 Å². The van der Waals surface area contributed by atoms with Gasteiger partial charge in [0.1, 0.15) is 11.9 Å². The van der Waals surface area contributed by atoms with Gasteiger partial charge in [-0.25, -0.2) is 4.98 Å². The van der Waals surface area contributed by atoms with E-state index in [1.807, 2.05) is 19.9 Å². The Morgan fingerprint density at radius 2 is 2.28 bits per heavy atom. The lowest BCUT2D eigenvalue weighted by atomic mass is 9.90. The SMILES string of the molecule is Cc1cc(C)c(C#N)c(N2CCC(C)(CN)C2)n1. The first-order valence-corrected chi connectivity index (χ1v) is 6.32. The van der Waals surface area contributed by atoms with Gasteiger partial charge in [-0.05, 0) is 43.9 Å². The van der Waals surface area contributed by atoms with Crippen LogP contribution in [0.15, 0.2) is 6.07 Å². The minimum absolute atomic E-state index is 0.145. The van der Waals surface area contributed by atoms with Crippen LogP contribution in [0.5, 0.6) is 0 Å². The van der Waals surface area contributed by atoms with Gasteiger partial charge in [0.05, 0.1) is 5.56 Å². The monoisotopic (exact) mass is 244 g/mol. The predicted molar refractivity (Wildman–Crippen MR) is 72.4 cm³/mol. The van der Waals surface area contributed by atoms with Gasteiger partial charge >= 0.3 is 0 Å². The fraction of sp³-hybridized carbons (Fsp3) is 0.571. The summed E-state index contributed by atoms with van der Waals surface area (Å²) in [6.07, 6.45) is 1.06. The number of rotatable bonds is 2. The first-order valence-electron chi connectivity index (χ1n) is 6.32. The molecule has 4 nitrogen and oxygen atoms in total. The summed E-state index contributed by atoms with van der Waals surface area (Å²) in [5, 5.41) is 9.30. The lowest BCUT2D eigenvalue weighted by Crippen LogP contribution is -2.32. The highest BCUT2D eigenvalue weighted by Gasteiger charge is 2.34. The summed E-state index contributed by atoms with van der Waals surface area (Å²) >= 11 is 0. The molecular formula is C14H20N4. The van der Waals surface area contributed by atoms with Crippen LogP contribution >= 0.6 is 0 Å². The van der Waals surface area contributed by atoms with Crippen LogP contribution in [0.1, 0.15) is 30.2 Å². The number of aryl methyl sites for hydroxylation is 2. The van der Waals surface area contributed by atoms with Gasteiger partial charge in [0.15, 0.2) is 0 Å². The zero-order valence-electron chi connectivity index (χ0n) is 11.3. The van der Waals surface area contributed by atoms with Crippen molar-refractivity contribution in [3.8, 4) is 6.07 Å². The number of nitrogens with two attached hydrogens (primary N) is 1. The molecule has 2 heterocycles. The summed E-state index contributed by atoms with van der Waals surface area (Å²) < 4.78 is 0. The van der Waals surface area contributed by atoms with Crippen LogP contribution < -0.4 is 10.6 Å². The molecule has 1 unspecified atom stereocenters. The van der Waals surface area contributed by atoms with Crippen molar-refractivity contribution in [2.45, 2.75) is 27.2 Å². The van der Waals surface area contributed by atoms with Crippen molar-refractivity contribution in [2.75, 3.05) is 24.5 Å². The van der Waals surface area contributed by atoms with Crippen molar-refractivity contribution in [3.63, 3.8) is 0 Å². The second-order valence-corrected chi connectivity index (χ2v) is 5.58. The smallest absolute Gasteiger partial charge is 0.147 e. The van der Waals surface area contributed by atoms with Gasteiger partial charge in [0, 0.05) is 18.8 Å². The normalized spacial score (nSPS) is 23.2. The molecular weight excluding hydrogens is 224 g/mol. The fourth-order valence-electron chi connectivity index (χ4n) is 2.56. The second kappa shape index (κ2) is 4.58. The molecule has 0 amide bonds. The van der Waals surface area contributed by atoms with Crippen molar-refractivity contribution in [1.82, 2.24) is 4.98 Å². The Kier molecular flexibility index (Phi) is 3.27. The Labute approximate surface area is 108 Å². The molecule has 1 aliphatic rings. The van der Waals surface area contributed by atoms with E-state index in [2.05, 4.69) is 22.9 Å². The quantitative estimate of drug-likeness (QED) is 0.860. The zero-order valence-corrected chi connectivity index (χ0v) is 11.3. The first-order chi connectivity index (χ1) is 8.49. The van der Waals surface area contributed by atoms with E-state index in [-0.39, 0.29) is 5.41 Å². The summed E-state index contributed by atoms with van der Waals surface area (Å²) in [5.74, 6) is 0.826. The molecule has 1 aromatic rings. The maximum atomic E-state index is 9.30. The molecule has 4 heteroatoms. The molecule has 1 aromatic heterocycles. The summed E-state index contributed by atoms with van der Waals surface area (Å²) in [6, 6.07) is 4.24. The van der Waals surface area contributed by atoms with Gasteiger partial charge in [0.25, 0.3) is 0 Å². The van der Waals surface area contributed by atoms with Crippen LogP contribution in [-0.4, -0.2) is 24.6 Å². The first kappa shape index (κ1) is 12.8. The van der Waals surface area contributed by atoms with Crippen molar-refractivity contribution >= 4 is 5.82 Å². The van der Waals surface area contributed by atoms with E-state index in [4.69, 9.17) is 5.73 Å². The maximum absolute atomic E-state index is 9.30. The molecule has 2 N–H and O–H groups in total. The highest BCUT2D eigenvalue weighted by Crippen LogP contribution is 2.33. The van der Waals surface area contributed by atoms with Crippen LogP contribution in [-0.2, 0) is 0 Å². The van der Waals surface area contributed by atoms with E-state index >= 15 is 0 Å². The van der Waals surface area contributed by atoms with Crippen molar-refractivity contribution in [3.05, 3.63) is 22.9 Å². The average molecular weight is 244 g/mol. The third kappa shape index (κ3) is 2.19. The van der Waals surface area contributed by atoms with E-state index in [1.54, 1.807) is 0 Å². The molecule has 0 radical (unpaired) electrons. The Hall–Kier alpha value is -1.60. The number of anilines is 1. The number of pyridine rings is 1. The molecule has 0 aliphatic carbocycles. The number of nitriles is 1. The molecule has 1 fully saturated rings. The molecule has 0 bridgehead atoms. The van der Waals surface area contributed by atoms with Crippen LogP contribution in [0.25, 0.3) is 0 Å². The van der Waals surface area contributed by atoms with Crippen LogP contribution in [0, 0.1) is 30.6 Å². The van der Waals surface area contributed by atoms with Crippen molar-refractivity contribution in [1.29, 1.82) is 5.26 Å². The number of hydrogen-bond acceptors (Lipinski definition) is 4. The van der Waals surface area contributed by atoms with E-state index in [9.17, 15) is 5.26 Å². The van der Waals surface area contributed by atoms with E-state index in [0.717, 1.165) is 36.6 Å². The molecule has 0 spiro atoms. The van der Waals surface area contributed by atoms with E-state index < -0.39 is 0 Å². The summed E-state index contributed by atoms with van der Waals surface area (Å²) in [7, 11) is 0. The predicted octanol–water partition coefficient (Wildman–Crippen LogP) is 1.75. The largest absolute Gasteiger partial charge is 0.355 e. The highest BCUT2D eigenvalue weighted by atomic mass is 15.2.